The van der Waals surface area contributed by atoms with Crippen LogP contribution in [0.5, 0.6) is 0 Å². The highest BCUT2D eigenvalue weighted by atomic mass is 28.3. The van der Waals surface area contributed by atoms with E-state index < -0.39 is 14.0 Å². The smallest absolute Gasteiger partial charge is 0.303 e. The van der Waals surface area contributed by atoms with E-state index in [4.69, 9.17) is 6.48 Å². The normalized spacial score (nSPS) is 16.6. The maximum absolute atomic E-state index is 10.2. The lowest BCUT2D eigenvalue weighted by atomic mass is 10.5. The molecule has 0 spiro atoms. The van der Waals surface area contributed by atoms with Crippen molar-refractivity contribution < 1.29 is 11.3 Å². The van der Waals surface area contributed by atoms with Crippen LogP contribution < -0.4 is 0 Å². The molecule has 0 saturated carbocycles. The molecule has 0 bridgehead atoms. The summed E-state index contributed by atoms with van der Waals surface area (Å²) in [6, 6.07) is -0.370. The van der Waals surface area contributed by atoms with E-state index in [2.05, 4.69) is 0 Å². The predicted molar refractivity (Wildman–Crippen MR) is 40.4 cm³/mol. The molecule has 0 rings (SSSR count). The summed E-state index contributed by atoms with van der Waals surface area (Å²) in [5, 5.41) is 8.35. The fourth-order valence-electron chi connectivity index (χ4n) is 0.393. The molecular weight excluding hydrogens is 132 g/mol. The number of carboxylic acid groups (broad SMARTS) is 1. The molecule has 0 fully saturated rings. The van der Waals surface area contributed by atoms with Crippen LogP contribution >= 0.6 is 0 Å². The van der Waals surface area contributed by atoms with E-state index in [1.807, 2.05) is 19.6 Å². The Kier molecular flexibility index (Phi) is 2.27. The average Bonchev–Trinajstić information content (AvgIpc) is 1.60. The van der Waals surface area contributed by atoms with Gasteiger partial charge in [0.05, 0.1) is 0 Å². The minimum absolute atomic E-state index is 0.00424. The quantitative estimate of drug-likeness (QED) is 0.618. The molecule has 0 aliphatic carbocycles. The molecule has 3 heteroatoms. The van der Waals surface area contributed by atoms with Crippen molar-refractivity contribution >= 4 is 14.0 Å². The molecule has 54 valence electrons. The van der Waals surface area contributed by atoms with Gasteiger partial charge in [-0.05, 0) is 6.02 Å². The van der Waals surface area contributed by atoms with E-state index in [-0.39, 0.29) is 12.4 Å². The zero-order valence-corrected chi connectivity index (χ0v) is 7.14. The summed E-state index contributed by atoms with van der Waals surface area (Å²) in [7, 11) is -1.54. The van der Waals surface area contributed by atoms with Crippen LogP contribution in [0.4, 0.5) is 0 Å². The van der Waals surface area contributed by atoms with Crippen molar-refractivity contribution in [3.8, 4) is 0 Å². The molecule has 0 aromatic heterocycles. The highest BCUT2D eigenvalue weighted by Crippen LogP contribution is 2.10. The van der Waals surface area contributed by atoms with Gasteiger partial charge in [-0.2, -0.15) is 0 Å². The minimum atomic E-state index is -1.54. The largest absolute Gasteiger partial charge is 0.481 e. The Morgan fingerprint density at radius 3 is 2.22 bits per heavy atom. The van der Waals surface area contributed by atoms with Crippen molar-refractivity contribution in [1.29, 1.82) is 0 Å². The number of carbonyl (C=O) groups is 1. The van der Waals surface area contributed by atoms with E-state index in [9.17, 15) is 4.79 Å². The van der Waals surface area contributed by atoms with Crippen LogP contribution in [0.3, 0.4) is 0 Å². The predicted octanol–water partition coefficient (Wildman–Crippen LogP) is 1.80. The van der Waals surface area contributed by atoms with Crippen molar-refractivity contribution in [3.05, 3.63) is 0 Å². The summed E-state index contributed by atoms with van der Waals surface area (Å²) in [6.07, 6.45) is -0.00424. The summed E-state index contributed by atoms with van der Waals surface area (Å²) in [5.41, 5.74) is 0. The van der Waals surface area contributed by atoms with Gasteiger partial charge in [0.15, 0.2) is 0 Å². The van der Waals surface area contributed by atoms with Gasteiger partial charge in [0.1, 0.15) is 0 Å². The lowest BCUT2D eigenvalue weighted by Crippen LogP contribution is -2.20. The maximum atomic E-state index is 10.2. The van der Waals surface area contributed by atoms with Gasteiger partial charge >= 0.3 is 5.97 Å². The van der Waals surface area contributed by atoms with E-state index in [0.717, 1.165) is 0 Å². The van der Waals surface area contributed by atoms with E-state index in [1.165, 1.54) is 0 Å². The lowest BCUT2D eigenvalue weighted by molar-refractivity contribution is -0.136. The molecule has 0 radical (unpaired) electrons. The summed E-state index contributed by atoms with van der Waals surface area (Å²) < 4.78 is 7.43. The fraction of sp³-hybridized carbons (Fsp3) is 0.833. The van der Waals surface area contributed by atoms with Crippen LogP contribution in [0.2, 0.25) is 25.7 Å². The molecule has 2 nitrogen and oxygen atoms in total. The molecule has 0 aromatic carbocycles. The summed E-state index contributed by atoms with van der Waals surface area (Å²) >= 11 is 0. The van der Waals surface area contributed by atoms with Crippen molar-refractivity contribution in [2.75, 3.05) is 0 Å². The topological polar surface area (TPSA) is 37.3 Å². The van der Waals surface area contributed by atoms with Crippen LogP contribution in [0, 0.1) is 0 Å². The van der Waals surface area contributed by atoms with E-state index >= 15 is 0 Å². The first-order chi connectivity index (χ1) is 4.34. The zero-order chi connectivity index (χ0) is 8.36. The molecule has 1 atom stereocenters. The number of hydrogen-bond acceptors (Lipinski definition) is 1. The molecular formula is C6H14O2Si. The Labute approximate surface area is 58.3 Å². The van der Waals surface area contributed by atoms with Gasteiger partial charge in [0.2, 0.25) is 0 Å². The molecule has 1 N–H and O–H groups in total. The van der Waals surface area contributed by atoms with E-state index in [0.29, 0.717) is 0 Å². The van der Waals surface area contributed by atoms with E-state index in [1.54, 1.807) is 0 Å². The highest BCUT2D eigenvalue weighted by molar-refractivity contribution is 6.76. The second-order valence-corrected chi connectivity index (χ2v) is 8.31. The second-order valence-electron chi connectivity index (χ2n) is 3.17. The minimum Gasteiger partial charge on any atom is -0.481 e. The first-order valence-corrected chi connectivity index (χ1v) is 6.56. The monoisotopic (exact) mass is 147 g/mol. The third-order valence-electron chi connectivity index (χ3n) is 0.889. The SMILES string of the molecule is [2H]C(CC(=O)O)[Si](C)(C)C. The molecule has 1 unspecified atom stereocenters. The van der Waals surface area contributed by atoms with Crippen LogP contribution in [0.1, 0.15) is 7.79 Å². The maximum Gasteiger partial charge on any atom is 0.303 e. The van der Waals surface area contributed by atoms with Crippen LogP contribution in [0.25, 0.3) is 0 Å². The van der Waals surface area contributed by atoms with Crippen molar-refractivity contribution in [2.24, 2.45) is 0 Å². The highest BCUT2D eigenvalue weighted by Gasteiger charge is 2.13. The fourth-order valence-corrected chi connectivity index (χ4v) is 1.18. The van der Waals surface area contributed by atoms with Crippen LogP contribution in [0.15, 0.2) is 0 Å². The van der Waals surface area contributed by atoms with Crippen molar-refractivity contribution in [2.45, 2.75) is 32.1 Å². The lowest BCUT2D eigenvalue weighted by Gasteiger charge is -2.12. The molecule has 0 heterocycles. The number of rotatable bonds is 3. The molecule has 0 saturated heterocycles. The molecule has 0 aliphatic rings. The van der Waals surface area contributed by atoms with Crippen molar-refractivity contribution in [3.63, 3.8) is 0 Å². The molecule has 9 heavy (non-hydrogen) atoms. The van der Waals surface area contributed by atoms with Gasteiger partial charge in [-0.3, -0.25) is 4.79 Å². The van der Waals surface area contributed by atoms with Gasteiger partial charge in [-0.1, -0.05) is 19.6 Å². The Hall–Kier alpha value is -0.313. The summed E-state index contributed by atoms with van der Waals surface area (Å²) in [6.45, 7) is 6.02. The summed E-state index contributed by atoms with van der Waals surface area (Å²) in [4.78, 5) is 10.2. The van der Waals surface area contributed by atoms with Gasteiger partial charge < -0.3 is 5.11 Å². The first kappa shape index (κ1) is 6.80. The molecule has 0 aromatic rings. The Balaban J connectivity index is 3.85. The Bertz CT molecular complexity index is 130. The van der Waals surface area contributed by atoms with Crippen LogP contribution in [-0.2, 0) is 4.79 Å². The Morgan fingerprint density at radius 1 is 1.67 bits per heavy atom. The standard InChI is InChI=1S/C6H14O2Si/c1-9(2,3)5-4-6(7)8/h4-5H2,1-3H3,(H,7,8)/i5D. The number of hydrogen-bond donors (Lipinski definition) is 1. The Morgan fingerprint density at radius 2 is 2.11 bits per heavy atom. The van der Waals surface area contributed by atoms with Crippen molar-refractivity contribution in [1.82, 2.24) is 0 Å². The van der Waals surface area contributed by atoms with Gasteiger partial charge in [-0.15, -0.1) is 0 Å². The zero-order valence-electron chi connectivity index (χ0n) is 7.14. The third kappa shape index (κ3) is 7.69. The third-order valence-corrected chi connectivity index (χ3v) is 2.32. The first-order valence-electron chi connectivity index (χ1n) is 3.56. The second kappa shape index (κ2) is 3.01. The molecule has 0 aliphatic heterocycles. The van der Waals surface area contributed by atoms with Crippen LogP contribution in [-0.4, -0.2) is 19.1 Å². The van der Waals surface area contributed by atoms with Gasteiger partial charge in [-0.25, -0.2) is 0 Å². The average molecular weight is 147 g/mol. The van der Waals surface area contributed by atoms with Gasteiger partial charge in [0, 0.05) is 15.9 Å². The van der Waals surface area contributed by atoms with Gasteiger partial charge in [0.25, 0.3) is 0 Å². The summed E-state index contributed by atoms with van der Waals surface area (Å²) in [5.74, 6) is -0.859. The number of carboxylic acids is 1. The number of aliphatic carboxylic acids is 1. The molecule has 0 amide bonds.